The van der Waals surface area contributed by atoms with Crippen molar-refractivity contribution in [2.75, 3.05) is 0 Å². The van der Waals surface area contributed by atoms with Crippen molar-refractivity contribution in [2.45, 2.75) is 38.4 Å². The molecule has 5 heteroatoms. The van der Waals surface area contributed by atoms with Crippen LogP contribution in [0.4, 0.5) is 0 Å². The largest absolute Gasteiger partial charge is 0.488 e. The number of Topliss-reactive ketones (excluding diaryl/α,β-unsaturated/α-hetero) is 1. The van der Waals surface area contributed by atoms with Crippen LogP contribution in [0.5, 0.6) is 5.75 Å². The lowest BCUT2D eigenvalue weighted by Gasteiger charge is -2.20. The first-order chi connectivity index (χ1) is 12.1. The van der Waals surface area contributed by atoms with E-state index in [1.54, 1.807) is 12.1 Å². The molecule has 0 spiro atoms. The van der Waals surface area contributed by atoms with Crippen LogP contribution in [0.2, 0.25) is 0 Å². The molecule has 0 aliphatic heterocycles. The minimum absolute atomic E-state index is 0.0260. The molecule has 0 amide bonds. The first-order valence-corrected chi connectivity index (χ1v) is 9.13. The number of ether oxygens (including phenoxy) is 2. The summed E-state index contributed by atoms with van der Waals surface area (Å²) in [6.07, 6.45) is 2.36. The summed E-state index contributed by atoms with van der Waals surface area (Å²) >= 11 is 3.44. The van der Waals surface area contributed by atoms with E-state index >= 15 is 0 Å². The quantitative estimate of drug-likeness (QED) is 0.680. The van der Waals surface area contributed by atoms with Gasteiger partial charge >= 0.3 is 5.97 Å². The summed E-state index contributed by atoms with van der Waals surface area (Å²) in [5.41, 5.74) is 1.39. The standard InChI is InChI=1S/C20H19BrO4/c21-16-5-1-3-7-18(16)24-13-14-9-11-15(12-10-14)20(23)25-19-8-4-2-6-17(19)22/h1,3,5,7,9-12,19H,2,4,6,8,13H2. The van der Waals surface area contributed by atoms with Gasteiger partial charge in [-0.05, 0) is 65.0 Å². The molecule has 1 fully saturated rings. The highest BCUT2D eigenvalue weighted by atomic mass is 79.9. The zero-order valence-corrected chi connectivity index (χ0v) is 15.3. The third kappa shape index (κ3) is 4.69. The molecule has 1 atom stereocenters. The molecular formula is C20H19BrO4. The van der Waals surface area contributed by atoms with Crippen molar-refractivity contribution in [3.8, 4) is 5.75 Å². The number of carbonyl (C=O) groups is 2. The van der Waals surface area contributed by atoms with Gasteiger partial charge in [-0.25, -0.2) is 4.79 Å². The summed E-state index contributed by atoms with van der Waals surface area (Å²) in [5.74, 6) is 0.346. The fourth-order valence-electron chi connectivity index (χ4n) is 2.73. The Balaban J connectivity index is 1.57. The van der Waals surface area contributed by atoms with Gasteiger partial charge in [0.25, 0.3) is 0 Å². The molecule has 1 aliphatic rings. The van der Waals surface area contributed by atoms with Gasteiger partial charge in [0.15, 0.2) is 11.9 Å². The van der Waals surface area contributed by atoms with E-state index in [9.17, 15) is 9.59 Å². The molecule has 0 aromatic heterocycles. The molecule has 25 heavy (non-hydrogen) atoms. The Labute approximate surface area is 155 Å². The van der Waals surface area contributed by atoms with Crippen LogP contribution in [0.25, 0.3) is 0 Å². The Hall–Kier alpha value is -2.14. The van der Waals surface area contributed by atoms with E-state index in [0.29, 0.717) is 25.0 Å². The van der Waals surface area contributed by atoms with E-state index in [2.05, 4.69) is 15.9 Å². The Morgan fingerprint density at radius 2 is 1.84 bits per heavy atom. The fraction of sp³-hybridized carbons (Fsp3) is 0.300. The Morgan fingerprint density at radius 1 is 1.08 bits per heavy atom. The normalized spacial score (nSPS) is 17.2. The van der Waals surface area contributed by atoms with Crippen molar-refractivity contribution >= 4 is 27.7 Å². The minimum Gasteiger partial charge on any atom is -0.488 e. The second-order valence-electron chi connectivity index (χ2n) is 6.02. The van der Waals surface area contributed by atoms with Crippen LogP contribution in [0, 0.1) is 0 Å². The van der Waals surface area contributed by atoms with Crippen LogP contribution < -0.4 is 4.74 Å². The minimum atomic E-state index is -0.584. The van der Waals surface area contributed by atoms with Gasteiger partial charge in [-0.2, -0.15) is 0 Å². The number of hydrogen-bond donors (Lipinski definition) is 0. The van der Waals surface area contributed by atoms with Crippen molar-refractivity contribution in [1.29, 1.82) is 0 Å². The summed E-state index contributed by atoms with van der Waals surface area (Å²) in [6.45, 7) is 0.402. The summed E-state index contributed by atoms with van der Waals surface area (Å²) in [6, 6.07) is 14.7. The SMILES string of the molecule is O=C(OC1CCCCC1=O)c1ccc(COc2ccccc2Br)cc1. The van der Waals surface area contributed by atoms with Crippen molar-refractivity contribution < 1.29 is 19.1 Å². The van der Waals surface area contributed by atoms with E-state index in [1.165, 1.54) is 0 Å². The molecule has 0 heterocycles. The molecule has 2 aromatic rings. The molecular weight excluding hydrogens is 384 g/mol. The van der Waals surface area contributed by atoms with Crippen molar-refractivity contribution in [2.24, 2.45) is 0 Å². The van der Waals surface area contributed by atoms with Gasteiger partial charge in [0.05, 0.1) is 10.0 Å². The molecule has 0 saturated heterocycles. The van der Waals surface area contributed by atoms with E-state index < -0.39 is 12.1 Å². The molecule has 2 aromatic carbocycles. The van der Waals surface area contributed by atoms with Gasteiger partial charge in [0.1, 0.15) is 12.4 Å². The highest BCUT2D eigenvalue weighted by Crippen LogP contribution is 2.25. The summed E-state index contributed by atoms with van der Waals surface area (Å²) < 4.78 is 12.0. The summed E-state index contributed by atoms with van der Waals surface area (Å²) in [4.78, 5) is 23.9. The van der Waals surface area contributed by atoms with Crippen LogP contribution in [0.15, 0.2) is 53.0 Å². The Bertz CT molecular complexity index is 755. The van der Waals surface area contributed by atoms with Gasteiger partial charge in [-0.1, -0.05) is 24.3 Å². The molecule has 3 rings (SSSR count). The number of esters is 1. The van der Waals surface area contributed by atoms with E-state index in [1.807, 2.05) is 36.4 Å². The van der Waals surface area contributed by atoms with Crippen LogP contribution in [-0.2, 0) is 16.1 Å². The molecule has 130 valence electrons. The molecule has 4 nitrogen and oxygen atoms in total. The topological polar surface area (TPSA) is 52.6 Å². The summed E-state index contributed by atoms with van der Waals surface area (Å²) in [5, 5.41) is 0. The molecule has 1 saturated carbocycles. The van der Waals surface area contributed by atoms with E-state index in [-0.39, 0.29) is 5.78 Å². The number of rotatable bonds is 5. The van der Waals surface area contributed by atoms with Crippen LogP contribution in [0.3, 0.4) is 0 Å². The van der Waals surface area contributed by atoms with Crippen molar-refractivity contribution in [1.82, 2.24) is 0 Å². The zero-order valence-electron chi connectivity index (χ0n) is 13.7. The second-order valence-corrected chi connectivity index (χ2v) is 6.88. The molecule has 1 unspecified atom stereocenters. The number of para-hydroxylation sites is 1. The van der Waals surface area contributed by atoms with Crippen LogP contribution in [0.1, 0.15) is 41.6 Å². The summed E-state index contributed by atoms with van der Waals surface area (Å²) in [7, 11) is 0. The lowest BCUT2D eigenvalue weighted by atomic mass is 9.96. The van der Waals surface area contributed by atoms with Crippen LogP contribution >= 0.6 is 15.9 Å². The number of carbonyl (C=O) groups excluding carboxylic acids is 2. The van der Waals surface area contributed by atoms with Crippen molar-refractivity contribution in [3.05, 3.63) is 64.1 Å². The Morgan fingerprint density at radius 3 is 2.56 bits per heavy atom. The first kappa shape index (κ1) is 17.7. The average Bonchev–Trinajstić information content (AvgIpc) is 2.63. The number of halogens is 1. The van der Waals surface area contributed by atoms with Gasteiger partial charge in [0, 0.05) is 6.42 Å². The lowest BCUT2D eigenvalue weighted by Crippen LogP contribution is -2.30. The maximum Gasteiger partial charge on any atom is 0.338 e. The predicted octanol–water partition coefficient (Wildman–Crippen LogP) is 4.70. The lowest BCUT2D eigenvalue weighted by molar-refractivity contribution is -0.129. The third-order valence-electron chi connectivity index (χ3n) is 4.17. The van der Waals surface area contributed by atoms with Gasteiger partial charge < -0.3 is 9.47 Å². The zero-order chi connectivity index (χ0) is 17.6. The average molecular weight is 403 g/mol. The smallest absolute Gasteiger partial charge is 0.338 e. The molecule has 0 N–H and O–H groups in total. The first-order valence-electron chi connectivity index (χ1n) is 8.33. The van der Waals surface area contributed by atoms with Gasteiger partial charge in [0.2, 0.25) is 0 Å². The van der Waals surface area contributed by atoms with E-state index in [0.717, 1.165) is 28.6 Å². The van der Waals surface area contributed by atoms with Gasteiger partial charge in [-0.3, -0.25) is 4.79 Å². The monoisotopic (exact) mass is 402 g/mol. The van der Waals surface area contributed by atoms with Gasteiger partial charge in [-0.15, -0.1) is 0 Å². The second kappa shape index (κ2) is 8.30. The van der Waals surface area contributed by atoms with E-state index in [4.69, 9.17) is 9.47 Å². The maximum atomic E-state index is 12.2. The fourth-order valence-corrected chi connectivity index (χ4v) is 3.13. The Kier molecular flexibility index (Phi) is 5.87. The number of hydrogen-bond acceptors (Lipinski definition) is 4. The van der Waals surface area contributed by atoms with Crippen LogP contribution in [-0.4, -0.2) is 17.9 Å². The molecule has 0 radical (unpaired) electrons. The molecule has 1 aliphatic carbocycles. The van der Waals surface area contributed by atoms with Crippen molar-refractivity contribution in [3.63, 3.8) is 0 Å². The maximum absolute atomic E-state index is 12.2. The number of ketones is 1. The predicted molar refractivity (Wildman–Crippen MR) is 97.6 cm³/mol. The molecule has 0 bridgehead atoms. The highest BCUT2D eigenvalue weighted by molar-refractivity contribution is 9.10. The highest BCUT2D eigenvalue weighted by Gasteiger charge is 2.26. The third-order valence-corrected chi connectivity index (χ3v) is 4.82. The number of benzene rings is 2.